The molecule has 0 saturated carbocycles. The average molecular weight is 537 g/mol. The Hall–Kier alpha value is -0.893. The van der Waals surface area contributed by atoms with Crippen molar-refractivity contribution in [2.45, 2.75) is 43.8 Å². The van der Waals surface area contributed by atoms with E-state index in [9.17, 15) is 8.42 Å². The monoisotopic (exact) mass is 536 g/mol. The molecule has 1 aromatic carbocycles. The topological polar surface area (TPSA) is 98.8 Å². The Labute approximate surface area is 212 Å². The van der Waals surface area contributed by atoms with Crippen molar-refractivity contribution in [1.29, 1.82) is 0 Å². The largest absolute Gasteiger partial charge is 0.414 e. The second kappa shape index (κ2) is 17.5. The standard InChI is InChI=1S/C24H44O9SSi/c1-24(2,3)35(4,5)33-22-20-31-18-16-29-14-12-27-11-13-28-15-17-30-19-21-32-34(25,26)23-9-7-6-8-10-23/h6-10H,11-22H2,1-5H3. The maximum absolute atomic E-state index is 11.9. The van der Waals surface area contributed by atoms with Crippen LogP contribution in [0.1, 0.15) is 20.8 Å². The van der Waals surface area contributed by atoms with Gasteiger partial charge in [0.15, 0.2) is 8.32 Å². The van der Waals surface area contributed by atoms with Crippen molar-refractivity contribution >= 4 is 18.4 Å². The lowest BCUT2D eigenvalue weighted by Gasteiger charge is -2.36. The van der Waals surface area contributed by atoms with E-state index in [1.165, 1.54) is 12.1 Å². The fourth-order valence-corrected chi connectivity index (χ4v) is 4.35. The highest BCUT2D eigenvalue weighted by Gasteiger charge is 2.36. The van der Waals surface area contributed by atoms with Gasteiger partial charge in [0.05, 0.1) is 84.2 Å². The third-order valence-corrected chi connectivity index (χ3v) is 11.3. The molecule has 0 amide bonds. The van der Waals surface area contributed by atoms with Gasteiger partial charge in [-0.1, -0.05) is 39.0 Å². The van der Waals surface area contributed by atoms with Crippen LogP contribution in [0.3, 0.4) is 0 Å². The molecule has 204 valence electrons. The first-order chi connectivity index (χ1) is 16.6. The molecular weight excluding hydrogens is 492 g/mol. The van der Waals surface area contributed by atoms with Crippen LogP contribution >= 0.6 is 0 Å². The second-order valence-electron chi connectivity index (χ2n) is 9.26. The molecule has 0 N–H and O–H groups in total. The number of benzene rings is 1. The van der Waals surface area contributed by atoms with Crippen LogP contribution in [0.4, 0.5) is 0 Å². The Kier molecular flexibility index (Phi) is 16.1. The Morgan fingerprint density at radius 2 is 1.00 bits per heavy atom. The summed E-state index contributed by atoms with van der Waals surface area (Å²) < 4.78 is 62.0. The van der Waals surface area contributed by atoms with E-state index in [0.29, 0.717) is 66.1 Å². The SMILES string of the molecule is CC(C)(C)[Si](C)(C)OCCOCCOCCOCCOCCOCCOS(=O)(=O)c1ccccc1. The van der Waals surface area contributed by atoms with Crippen LogP contribution < -0.4 is 0 Å². The fourth-order valence-electron chi connectivity index (χ4n) is 2.41. The lowest BCUT2D eigenvalue weighted by molar-refractivity contribution is -0.0143. The first kappa shape index (κ1) is 32.1. The molecule has 0 radical (unpaired) electrons. The van der Waals surface area contributed by atoms with Crippen molar-refractivity contribution in [1.82, 2.24) is 0 Å². The van der Waals surface area contributed by atoms with E-state index in [1.807, 2.05) is 0 Å². The normalized spacial score (nSPS) is 12.8. The zero-order valence-electron chi connectivity index (χ0n) is 22.0. The van der Waals surface area contributed by atoms with E-state index < -0.39 is 18.4 Å². The summed E-state index contributed by atoms with van der Waals surface area (Å²) in [5.41, 5.74) is 0. The molecule has 0 aromatic heterocycles. The van der Waals surface area contributed by atoms with Gasteiger partial charge in [0.2, 0.25) is 0 Å². The van der Waals surface area contributed by atoms with Gasteiger partial charge >= 0.3 is 0 Å². The average Bonchev–Trinajstić information content (AvgIpc) is 2.80. The second-order valence-corrected chi connectivity index (χ2v) is 15.7. The molecule has 0 atom stereocenters. The lowest BCUT2D eigenvalue weighted by Crippen LogP contribution is -2.41. The van der Waals surface area contributed by atoms with Gasteiger partial charge in [-0.3, -0.25) is 4.18 Å². The zero-order valence-corrected chi connectivity index (χ0v) is 23.8. The maximum atomic E-state index is 11.9. The van der Waals surface area contributed by atoms with Crippen molar-refractivity contribution in [3.63, 3.8) is 0 Å². The molecule has 0 spiro atoms. The summed E-state index contributed by atoms with van der Waals surface area (Å²) in [6.45, 7) is 16.1. The van der Waals surface area contributed by atoms with Gasteiger partial charge in [0, 0.05) is 0 Å². The molecule has 1 rings (SSSR count). The number of hydrogen-bond donors (Lipinski definition) is 0. The predicted octanol–water partition coefficient (Wildman–Crippen LogP) is 3.50. The van der Waals surface area contributed by atoms with Crippen LogP contribution in [0.15, 0.2) is 35.2 Å². The van der Waals surface area contributed by atoms with Crippen molar-refractivity contribution in [3.8, 4) is 0 Å². The first-order valence-corrected chi connectivity index (χ1v) is 16.3. The van der Waals surface area contributed by atoms with Gasteiger partial charge < -0.3 is 28.1 Å². The van der Waals surface area contributed by atoms with E-state index in [2.05, 4.69) is 33.9 Å². The molecule has 0 heterocycles. The molecular formula is C24H44O9SSi. The van der Waals surface area contributed by atoms with E-state index >= 15 is 0 Å². The molecule has 9 nitrogen and oxygen atoms in total. The molecule has 0 bridgehead atoms. The molecule has 1 aromatic rings. The summed E-state index contributed by atoms with van der Waals surface area (Å²) in [5, 5.41) is 0.209. The minimum Gasteiger partial charge on any atom is -0.414 e. The van der Waals surface area contributed by atoms with E-state index in [0.717, 1.165) is 0 Å². The van der Waals surface area contributed by atoms with Gasteiger partial charge in [-0.25, -0.2) is 0 Å². The van der Waals surface area contributed by atoms with Crippen molar-refractivity contribution in [3.05, 3.63) is 30.3 Å². The highest BCUT2D eigenvalue weighted by Crippen LogP contribution is 2.36. The Morgan fingerprint density at radius 1 is 0.629 bits per heavy atom. The van der Waals surface area contributed by atoms with Crippen LogP contribution in [0.25, 0.3) is 0 Å². The summed E-state index contributed by atoms with van der Waals surface area (Å²) in [5.74, 6) is 0. The van der Waals surface area contributed by atoms with E-state index in [-0.39, 0.29) is 23.1 Å². The van der Waals surface area contributed by atoms with Crippen LogP contribution in [0, 0.1) is 0 Å². The third-order valence-electron chi connectivity index (χ3n) is 5.48. The van der Waals surface area contributed by atoms with Gasteiger partial charge in [-0.15, -0.1) is 0 Å². The molecule has 0 saturated heterocycles. The summed E-state index contributed by atoms with van der Waals surface area (Å²) in [6, 6.07) is 8.00. The third kappa shape index (κ3) is 15.1. The fraction of sp³-hybridized carbons (Fsp3) is 0.750. The quantitative estimate of drug-likeness (QED) is 0.133. The number of ether oxygens (including phenoxy) is 5. The highest BCUT2D eigenvalue weighted by atomic mass is 32.2. The number of hydrogen-bond acceptors (Lipinski definition) is 9. The zero-order chi connectivity index (χ0) is 26.0. The minimum atomic E-state index is -3.74. The van der Waals surface area contributed by atoms with Crippen LogP contribution in [0.2, 0.25) is 18.1 Å². The number of rotatable bonds is 21. The molecule has 11 heteroatoms. The molecule has 0 aliphatic carbocycles. The highest BCUT2D eigenvalue weighted by molar-refractivity contribution is 7.86. The Balaban J connectivity index is 1.81. The smallest absolute Gasteiger partial charge is 0.297 e. The molecule has 35 heavy (non-hydrogen) atoms. The first-order valence-electron chi connectivity index (χ1n) is 12.0. The van der Waals surface area contributed by atoms with Gasteiger partial charge in [0.1, 0.15) is 0 Å². The lowest BCUT2D eigenvalue weighted by atomic mass is 10.2. The molecule has 0 aliphatic rings. The molecule has 0 unspecified atom stereocenters. The van der Waals surface area contributed by atoms with Crippen LogP contribution in [-0.2, 0) is 42.4 Å². The summed E-state index contributed by atoms with van der Waals surface area (Å²) >= 11 is 0. The van der Waals surface area contributed by atoms with Gasteiger partial charge in [0.25, 0.3) is 10.1 Å². The molecule has 0 aliphatic heterocycles. The van der Waals surface area contributed by atoms with Crippen molar-refractivity contribution < 1.29 is 40.7 Å². The van der Waals surface area contributed by atoms with E-state index in [4.69, 9.17) is 32.3 Å². The van der Waals surface area contributed by atoms with Crippen LogP contribution in [-0.4, -0.2) is 96.0 Å². The molecule has 0 fully saturated rings. The van der Waals surface area contributed by atoms with Crippen LogP contribution in [0.5, 0.6) is 0 Å². The van der Waals surface area contributed by atoms with Crippen molar-refractivity contribution in [2.24, 2.45) is 0 Å². The Bertz CT molecular complexity index is 752. The Morgan fingerprint density at radius 3 is 1.40 bits per heavy atom. The van der Waals surface area contributed by atoms with E-state index in [1.54, 1.807) is 18.2 Å². The summed E-state index contributed by atoms with van der Waals surface area (Å²) in [7, 11) is -5.44. The summed E-state index contributed by atoms with van der Waals surface area (Å²) in [6.07, 6.45) is 0. The van der Waals surface area contributed by atoms with Gasteiger partial charge in [-0.05, 0) is 30.3 Å². The maximum Gasteiger partial charge on any atom is 0.297 e. The predicted molar refractivity (Wildman–Crippen MR) is 137 cm³/mol. The minimum absolute atomic E-state index is 0.0455. The van der Waals surface area contributed by atoms with Gasteiger partial charge in [-0.2, -0.15) is 8.42 Å². The summed E-state index contributed by atoms with van der Waals surface area (Å²) in [4.78, 5) is 0.129. The van der Waals surface area contributed by atoms with Crippen molar-refractivity contribution in [2.75, 3.05) is 79.3 Å².